The normalized spacial score (nSPS) is 17.7. The lowest BCUT2D eigenvalue weighted by Gasteiger charge is -2.11. The van der Waals surface area contributed by atoms with Gasteiger partial charge >= 0.3 is 0 Å². The Morgan fingerprint density at radius 1 is 1.28 bits per heavy atom. The molecule has 1 aliphatic carbocycles. The summed E-state index contributed by atoms with van der Waals surface area (Å²) in [5.41, 5.74) is 1.09. The van der Waals surface area contributed by atoms with Gasteiger partial charge in [-0.2, -0.15) is 0 Å². The van der Waals surface area contributed by atoms with Crippen LogP contribution in [0.1, 0.15) is 25.3 Å². The van der Waals surface area contributed by atoms with E-state index in [1.54, 1.807) is 24.3 Å². The smallest absolute Gasteiger partial charge is 0.240 e. The van der Waals surface area contributed by atoms with Crippen molar-refractivity contribution in [1.29, 1.82) is 0 Å². The van der Waals surface area contributed by atoms with Crippen molar-refractivity contribution in [3.8, 4) is 0 Å². The minimum Gasteiger partial charge on any atom is -0.396 e. The van der Waals surface area contributed by atoms with Crippen LogP contribution in [0.4, 0.5) is 0 Å². The number of hydrogen-bond donors (Lipinski definition) is 2. The molecule has 100 valence electrons. The first-order chi connectivity index (χ1) is 8.45. The number of hydrogen-bond acceptors (Lipinski definition) is 3. The summed E-state index contributed by atoms with van der Waals surface area (Å²) < 4.78 is 26.7. The molecule has 18 heavy (non-hydrogen) atoms. The average Bonchev–Trinajstić information content (AvgIpc) is 3.07. The maximum absolute atomic E-state index is 12.0. The zero-order chi connectivity index (χ0) is 13.2. The van der Waals surface area contributed by atoms with Gasteiger partial charge in [0, 0.05) is 13.2 Å². The largest absolute Gasteiger partial charge is 0.396 e. The van der Waals surface area contributed by atoms with E-state index in [0.29, 0.717) is 13.0 Å². The van der Waals surface area contributed by atoms with E-state index in [9.17, 15) is 8.42 Å². The molecule has 0 aromatic heterocycles. The van der Waals surface area contributed by atoms with Gasteiger partial charge < -0.3 is 5.11 Å². The molecule has 0 atom stereocenters. The second kappa shape index (κ2) is 4.99. The van der Waals surface area contributed by atoms with Gasteiger partial charge in [0.15, 0.2) is 0 Å². The third-order valence-corrected chi connectivity index (χ3v) is 4.84. The van der Waals surface area contributed by atoms with Crippen LogP contribution in [0.5, 0.6) is 0 Å². The zero-order valence-corrected chi connectivity index (χ0v) is 11.3. The average molecular weight is 269 g/mol. The van der Waals surface area contributed by atoms with E-state index in [1.165, 1.54) is 0 Å². The molecular weight excluding hydrogens is 250 g/mol. The Morgan fingerprint density at radius 3 is 2.39 bits per heavy atom. The Morgan fingerprint density at radius 2 is 1.89 bits per heavy atom. The first-order valence-corrected chi connectivity index (χ1v) is 7.63. The second-order valence-electron chi connectivity index (χ2n) is 5.25. The molecule has 1 fully saturated rings. The second-order valence-corrected chi connectivity index (χ2v) is 7.02. The van der Waals surface area contributed by atoms with Crippen LogP contribution in [0.25, 0.3) is 0 Å². The Bertz CT molecular complexity index is 504. The summed E-state index contributed by atoms with van der Waals surface area (Å²) in [6.07, 6.45) is 2.72. The summed E-state index contributed by atoms with van der Waals surface area (Å²) in [6.45, 7) is 2.66. The molecule has 0 unspecified atom stereocenters. The molecule has 4 nitrogen and oxygen atoms in total. The molecule has 0 saturated heterocycles. The third-order valence-electron chi connectivity index (χ3n) is 3.43. The fourth-order valence-corrected chi connectivity index (χ4v) is 2.91. The molecule has 0 spiro atoms. The summed E-state index contributed by atoms with van der Waals surface area (Å²) in [7, 11) is -3.40. The molecular formula is C13H19NO3S. The number of sulfonamides is 1. The van der Waals surface area contributed by atoms with Crippen LogP contribution in [0, 0.1) is 5.41 Å². The summed E-state index contributed by atoms with van der Waals surface area (Å²) >= 11 is 0. The minimum atomic E-state index is -3.40. The van der Waals surface area contributed by atoms with Crippen LogP contribution >= 0.6 is 0 Å². The van der Waals surface area contributed by atoms with Crippen molar-refractivity contribution in [2.45, 2.75) is 31.1 Å². The van der Waals surface area contributed by atoms with E-state index >= 15 is 0 Å². The van der Waals surface area contributed by atoms with Crippen molar-refractivity contribution in [3.63, 3.8) is 0 Å². The van der Waals surface area contributed by atoms with Crippen LogP contribution in [-0.4, -0.2) is 26.7 Å². The molecule has 0 bridgehead atoms. The predicted octanol–water partition coefficient (Wildman–Crippen LogP) is 1.30. The molecule has 2 N–H and O–H groups in total. The number of aliphatic hydroxyl groups excluding tert-OH is 1. The Balaban J connectivity index is 2.04. The zero-order valence-electron chi connectivity index (χ0n) is 10.5. The Kier molecular flexibility index (Phi) is 3.75. The van der Waals surface area contributed by atoms with Crippen molar-refractivity contribution in [1.82, 2.24) is 4.72 Å². The lowest BCUT2D eigenvalue weighted by atomic mass is 10.2. The van der Waals surface area contributed by atoms with Crippen molar-refractivity contribution in [2.75, 3.05) is 13.2 Å². The van der Waals surface area contributed by atoms with Gasteiger partial charge in [-0.3, -0.25) is 0 Å². The Hall–Kier alpha value is -0.910. The molecule has 1 aromatic rings. The Labute approximate surface area is 108 Å². The lowest BCUT2D eigenvalue weighted by molar-refractivity contribution is 0.299. The highest BCUT2D eigenvalue weighted by molar-refractivity contribution is 7.89. The van der Waals surface area contributed by atoms with Crippen LogP contribution in [0.15, 0.2) is 29.2 Å². The van der Waals surface area contributed by atoms with E-state index in [0.717, 1.165) is 18.4 Å². The van der Waals surface area contributed by atoms with Crippen LogP contribution in [0.2, 0.25) is 0 Å². The fraction of sp³-hybridized carbons (Fsp3) is 0.538. The minimum absolute atomic E-state index is 0.0721. The molecule has 0 amide bonds. The topological polar surface area (TPSA) is 66.4 Å². The van der Waals surface area contributed by atoms with Crippen LogP contribution in [-0.2, 0) is 16.4 Å². The van der Waals surface area contributed by atoms with Gasteiger partial charge in [0.2, 0.25) is 10.0 Å². The van der Waals surface area contributed by atoms with Gasteiger partial charge in [-0.1, -0.05) is 19.1 Å². The van der Waals surface area contributed by atoms with Crippen molar-refractivity contribution in [3.05, 3.63) is 29.8 Å². The monoisotopic (exact) mass is 269 g/mol. The molecule has 0 aliphatic heterocycles. The number of rotatable bonds is 6. The van der Waals surface area contributed by atoms with Gasteiger partial charge in [-0.25, -0.2) is 13.1 Å². The highest BCUT2D eigenvalue weighted by Gasteiger charge is 2.38. The van der Waals surface area contributed by atoms with E-state index in [4.69, 9.17) is 5.11 Å². The molecule has 2 rings (SSSR count). The van der Waals surface area contributed by atoms with Crippen molar-refractivity contribution < 1.29 is 13.5 Å². The van der Waals surface area contributed by atoms with Crippen molar-refractivity contribution in [2.24, 2.45) is 5.41 Å². The standard InChI is InChI=1S/C13H19NO3S/c1-13(7-8-13)10-14-18(16,17)12-4-2-11(3-5-12)6-9-15/h2-5,14-15H,6-10H2,1H3. The summed E-state index contributed by atoms with van der Waals surface area (Å²) in [6, 6.07) is 6.65. The van der Waals surface area contributed by atoms with E-state index in [-0.39, 0.29) is 16.9 Å². The van der Waals surface area contributed by atoms with Gasteiger partial charge in [-0.05, 0) is 42.4 Å². The number of nitrogens with one attached hydrogen (secondary N) is 1. The summed E-state index contributed by atoms with van der Waals surface area (Å²) in [5.74, 6) is 0. The van der Waals surface area contributed by atoms with Crippen LogP contribution in [0.3, 0.4) is 0 Å². The molecule has 0 radical (unpaired) electrons. The molecule has 5 heteroatoms. The van der Waals surface area contributed by atoms with E-state index in [2.05, 4.69) is 11.6 Å². The quantitative estimate of drug-likeness (QED) is 0.818. The van der Waals surface area contributed by atoms with Gasteiger partial charge in [0.1, 0.15) is 0 Å². The molecule has 1 saturated carbocycles. The van der Waals surface area contributed by atoms with E-state index < -0.39 is 10.0 Å². The van der Waals surface area contributed by atoms with Crippen LogP contribution < -0.4 is 4.72 Å². The molecule has 1 aliphatic rings. The number of aliphatic hydroxyl groups is 1. The first-order valence-electron chi connectivity index (χ1n) is 6.15. The highest BCUT2D eigenvalue weighted by atomic mass is 32.2. The van der Waals surface area contributed by atoms with Crippen molar-refractivity contribution >= 4 is 10.0 Å². The lowest BCUT2D eigenvalue weighted by Crippen LogP contribution is -2.29. The maximum atomic E-state index is 12.0. The first kappa shape index (κ1) is 13.5. The third kappa shape index (κ3) is 3.31. The van der Waals surface area contributed by atoms with Gasteiger partial charge in [0.25, 0.3) is 0 Å². The summed E-state index contributed by atoms with van der Waals surface area (Å²) in [5, 5.41) is 8.80. The van der Waals surface area contributed by atoms with E-state index in [1.807, 2.05) is 0 Å². The molecule has 1 aromatic carbocycles. The fourth-order valence-electron chi connectivity index (χ4n) is 1.71. The van der Waals surface area contributed by atoms with Gasteiger partial charge in [-0.15, -0.1) is 0 Å². The summed E-state index contributed by atoms with van der Waals surface area (Å²) in [4.78, 5) is 0.286. The number of benzene rings is 1. The SMILES string of the molecule is CC1(CNS(=O)(=O)c2ccc(CCO)cc2)CC1. The van der Waals surface area contributed by atoms with Gasteiger partial charge in [0.05, 0.1) is 4.90 Å². The predicted molar refractivity (Wildman–Crippen MR) is 69.8 cm³/mol. The highest BCUT2D eigenvalue weighted by Crippen LogP contribution is 2.44. The maximum Gasteiger partial charge on any atom is 0.240 e. The molecule has 0 heterocycles.